The molecule has 2 saturated heterocycles. The molecule has 0 unspecified atom stereocenters. The molecule has 28 heavy (non-hydrogen) atoms. The number of ether oxygens (including phenoxy) is 2. The second kappa shape index (κ2) is 7.23. The molecule has 8 nitrogen and oxygen atoms in total. The maximum Gasteiger partial charge on any atom is 0.240 e. The Hall–Kier alpha value is -1.22. The minimum atomic E-state index is -0.384. The summed E-state index contributed by atoms with van der Waals surface area (Å²) < 4.78 is 10.8. The molecule has 6 fully saturated rings. The predicted molar refractivity (Wildman–Crippen MR) is 101 cm³/mol. The largest absolute Gasteiger partial charge is 0.379 e. The third-order valence-electron chi connectivity index (χ3n) is 7.57. The van der Waals surface area contributed by atoms with Crippen molar-refractivity contribution in [3.05, 3.63) is 0 Å². The van der Waals surface area contributed by atoms with Crippen LogP contribution in [0.3, 0.4) is 0 Å². The molecule has 8 heteroatoms. The molecule has 2 heterocycles. The summed E-state index contributed by atoms with van der Waals surface area (Å²) in [5.41, 5.74) is 5.57. The van der Waals surface area contributed by atoms with Gasteiger partial charge in [-0.3, -0.25) is 20.4 Å². The SMILES string of the molecule is O=C(NN1CCOCC1)C12CC3CC(C1)CC(C(=O)NN1CCOCC1)(C3)C2. The fourth-order valence-corrected chi connectivity index (χ4v) is 6.67. The van der Waals surface area contributed by atoms with Crippen molar-refractivity contribution in [1.82, 2.24) is 20.9 Å². The summed E-state index contributed by atoms with van der Waals surface area (Å²) in [6, 6.07) is 0. The monoisotopic (exact) mass is 392 g/mol. The van der Waals surface area contributed by atoms with Gasteiger partial charge in [-0.05, 0) is 50.4 Å². The number of rotatable bonds is 4. The van der Waals surface area contributed by atoms with Crippen molar-refractivity contribution in [2.75, 3.05) is 52.6 Å². The van der Waals surface area contributed by atoms with Gasteiger partial charge in [0.15, 0.2) is 0 Å². The van der Waals surface area contributed by atoms with Gasteiger partial charge in [0.25, 0.3) is 0 Å². The zero-order valence-corrected chi connectivity index (χ0v) is 16.6. The van der Waals surface area contributed by atoms with Gasteiger partial charge in [0, 0.05) is 26.2 Å². The lowest BCUT2D eigenvalue weighted by atomic mass is 9.43. The smallest absolute Gasteiger partial charge is 0.240 e. The second-order valence-corrected chi connectivity index (χ2v) is 9.60. The standard InChI is InChI=1S/C20H32N4O4/c25-17(21-23-1-5-27-6-2-23)19-10-15-9-16(11-19)13-20(12-15,14-19)18(26)22-24-3-7-28-8-4-24/h15-16H,1-14H2,(H,21,25)(H,22,26). The highest BCUT2D eigenvalue weighted by Gasteiger charge is 2.63. The van der Waals surface area contributed by atoms with Crippen LogP contribution >= 0.6 is 0 Å². The number of carbonyl (C=O) groups excluding carboxylic acids is 2. The summed E-state index contributed by atoms with van der Waals surface area (Å²) in [6.07, 6.45) is 5.62. The van der Waals surface area contributed by atoms with Crippen LogP contribution in [0.4, 0.5) is 0 Å². The highest BCUT2D eigenvalue weighted by Crippen LogP contribution is 2.65. The maximum absolute atomic E-state index is 13.4. The zero-order chi connectivity index (χ0) is 19.2. The van der Waals surface area contributed by atoms with Crippen LogP contribution in [-0.4, -0.2) is 74.4 Å². The average Bonchev–Trinajstić information content (AvgIpc) is 2.68. The Bertz CT molecular complexity index is 566. The molecular formula is C20H32N4O4. The number of nitrogens with one attached hydrogen (secondary N) is 2. The molecule has 6 rings (SSSR count). The minimum Gasteiger partial charge on any atom is -0.379 e. The Morgan fingerprint density at radius 3 is 1.50 bits per heavy atom. The van der Waals surface area contributed by atoms with Crippen molar-refractivity contribution in [1.29, 1.82) is 0 Å². The van der Waals surface area contributed by atoms with E-state index in [-0.39, 0.29) is 22.6 Å². The molecule has 4 saturated carbocycles. The van der Waals surface area contributed by atoms with E-state index in [0.717, 1.165) is 51.9 Å². The van der Waals surface area contributed by atoms with Crippen LogP contribution in [0.5, 0.6) is 0 Å². The van der Waals surface area contributed by atoms with Gasteiger partial charge in [0.05, 0.1) is 37.3 Å². The second-order valence-electron chi connectivity index (χ2n) is 9.60. The van der Waals surface area contributed by atoms with E-state index in [1.54, 1.807) is 0 Å². The van der Waals surface area contributed by atoms with Gasteiger partial charge >= 0.3 is 0 Å². The molecule has 4 bridgehead atoms. The first-order chi connectivity index (χ1) is 13.6. The van der Waals surface area contributed by atoms with Crippen LogP contribution in [0.15, 0.2) is 0 Å². The maximum atomic E-state index is 13.4. The molecule has 0 spiro atoms. The molecule has 0 aromatic rings. The van der Waals surface area contributed by atoms with E-state index >= 15 is 0 Å². The Morgan fingerprint density at radius 2 is 1.11 bits per heavy atom. The van der Waals surface area contributed by atoms with Crippen molar-refractivity contribution in [3.8, 4) is 0 Å². The number of hydrogen-bond donors (Lipinski definition) is 2. The van der Waals surface area contributed by atoms with Gasteiger partial charge in [-0.15, -0.1) is 0 Å². The van der Waals surface area contributed by atoms with Gasteiger partial charge in [-0.25, -0.2) is 10.0 Å². The predicted octanol–water partition coefficient (Wildman–Crippen LogP) is 0.300. The highest BCUT2D eigenvalue weighted by atomic mass is 16.5. The molecule has 0 radical (unpaired) electrons. The van der Waals surface area contributed by atoms with Gasteiger partial charge in [-0.2, -0.15) is 0 Å². The summed E-state index contributed by atoms with van der Waals surface area (Å²) >= 11 is 0. The van der Waals surface area contributed by atoms with E-state index < -0.39 is 0 Å². The van der Waals surface area contributed by atoms with Crippen molar-refractivity contribution in [3.63, 3.8) is 0 Å². The topological polar surface area (TPSA) is 83.1 Å². The number of hydrazine groups is 2. The number of hydrogen-bond acceptors (Lipinski definition) is 6. The summed E-state index contributed by atoms with van der Waals surface area (Å²) in [7, 11) is 0. The number of amides is 2. The van der Waals surface area contributed by atoms with Crippen LogP contribution in [0, 0.1) is 22.7 Å². The molecule has 6 aliphatic rings. The molecular weight excluding hydrogens is 360 g/mol. The van der Waals surface area contributed by atoms with E-state index in [4.69, 9.17) is 9.47 Å². The third kappa shape index (κ3) is 3.34. The average molecular weight is 393 g/mol. The van der Waals surface area contributed by atoms with E-state index in [1.807, 2.05) is 10.0 Å². The van der Waals surface area contributed by atoms with E-state index in [2.05, 4.69) is 10.9 Å². The van der Waals surface area contributed by atoms with Crippen molar-refractivity contribution >= 4 is 11.8 Å². The quantitative estimate of drug-likeness (QED) is 0.716. The summed E-state index contributed by atoms with van der Waals surface area (Å²) in [6.45, 7) is 5.56. The Labute approximate surface area is 166 Å². The Balaban J connectivity index is 1.31. The highest BCUT2D eigenvalue weighted by molar-refractivity contribution is 5.87. The van der Waals surface area contributed by atoms with E-state index in [9.17, 15) is 9.59 Å². The lowest BCUT2D eigenvalue weighted by molar-refractivity contribution is -0.174. The van der Waals surface area contributed by atoms with Gasteiger partial charge < -0.3 is 9.47 Å². The first-order valence-electron chi connectivity index (χ1n) is 10.8. The normalized spacial score (nSPS) is 41.0. The molecule has 0 aromatic carbocycles. The van der Waals surface area contributed by atoms with Crippen LogP contribution in [-0.2, 0) is 19.1 Å². The van der Waals surface area contributed by atoms with Crippen LogP contribution in [0.2, 0.25) is 0 Å². The summed E-state index contributed by atoms with van der Waals surface area (Å²) in [4.78, 5) is 26.7. The van der Waals surface area contributed by atoms with Crippen LogP contribution in [0.25, 0.3) is 0 Å². The van der Waals surface area contributed by atoms with Crippen molar-refractivity contribution in [2.24, 2.45) is 22.7 Å². The van der Waals surface area contributed by atoms with Crippen molar-refractivity contribution in [2.45, 2.75) is 38.5 Å². The molecule has 4 aliphatic carbocycles. The van der Waals surface area contributed by atoms with Gasteiger partial charge in [-0.1, -0.05) is 0 Å². The molecule has 0 atom stereocenters. The fourth-order valence-electron chi connectivity index (χ4n) is 6.67. The van der Waals surface area contributed by atoms with Gasteiger partial charge in [0.2, 0.25) is 11.8 Å². The van der Waals surface area contributed by atoms with E-state index in [0.29, 0.717) is 44.7 Å². The molecule has 2 aliphatic heterocycles. The number of morpholine rings is 2. The Kier molecular flexibility index (Phi) is 4.85. The third-order valence-corrected chi connectivity index (χ3v) is 7.57. The minimum absolute atomic E-state index is 0.132. The first kappa shape index (κ1) is 18.8. The summed E-state index contributed by atoms with van der Waals surface area (Å²) in [5.74, 6) is 1.25. The number of carbonyl (C=O) groups is 2. The van der Waals surface area contributed by atoms with E-state index in [1.165, 1.54) is 6.42 Å². The lowest BCUT2D eigenvalue weighted by Crippen LogP contribution is -2.64. The summed E-state index contributed by atoms with van der Waals surface area (Å²) in [5, 5.41) is 3.98. The number of nitrogens with zero attached hydrogens (tertiary/aromatic N) is 2. The lowest BCUT2D eigenvalue weighted by Gasteiger charge is -2.60. The fraction of sp³-hybridized carbons (Fsp3) is 0.900. The van der Waals surface area contributed by atoms with Crippen LogP contribution < -0.4 is 10.9 Å². The molecule has 156 valence electrons. The molecule has 0 aromatic heterocycles. The first-order valence-corrected chi connectivity index (χ1v) is 10.8. The molecule has 2 N–H and O–H groups in total. The van der Waals surface area contributed by atoms with Crippen molar-refractivity contribution < 1.29 is 19.1 Å². The zero-order valence-electron chi connectivity index (χ0n) is 16.6. The Morgan fingerprint density at radius 1 is 0.714 bits per heavy atom. The molecule has 2 amide bonds. The van der Waals surface area contributed by atoms with Gasteiger partial charge in [0.1, 0.15) is 0 Å². The van der Waals surface area contributed by atoms with Crippen LogP contribution in [0.1, 0.15) is 38.5 Å².